The number of hydrogen-bond acceptors (Lipinski definition) is 5. The highest BCUT2D eigenvalue weighted by Crippen LogP contribution is 2.22. The first-order valence-corrected chi connectivity index (χ1v) is 7.73. The van der Waals surface area contributed by atoms with Gasteiger partial charge < -0.3 is 4.52 Å². The number of halogens is 1. The molecule has 0 radical (unpaired) electrons. The minimum Gasteiger partial charge on any atom is -0.364 e. The molecule has 134 valence electrons. The maximum Gasteiger partial charge on any atom is 0.179 e. The van der Waals surface area contributed by atoms with Crippen LogP contribution in [-0.4, -0.2) is 34.2 Å². The van der Waals surface area contributed by atoms with Crippen LogP contribution in [-0.2, 0) is 6.54 Å². The Bertz CT molecular complexity index is 883. The van der Waals surface area contributed by atoms with Gasteiger partial charge in [-0.05, 0) is 39.4 Å². The molecule has 7 nitrogen and oxygen atoms in total. The Morgan fingerprint density at radius 2 is 2.19 bits per heavy atom. The molecule has 2 rings (SSSR count). The van der Waals surface area contributed by atoms with Crippen LogP contribution >= 0.6 is 0 Å². The summed E-state index contributed by atoms with van der Waals surface area (Å²) in [4.78, 5) is 11.7. The van der Waals surface area contributed by atoms with Crippen LogP contribution in [0.25, 0.3) is 11.4 Å². The largest absolute Gasteiger partial charge is 0.364 e. The molecule has 0 aromatic carbocycles. The first-order valence-electron chi connectivity index (χ1n) is 7.73. The molecule has 0 spiro atoms. The van der Waals surface area contributed by atoms with Crippen molar-refractivity contribution in [3.05, 3.63) is 60.0 Å². The molecular formula is C18H19FN6O. The van der Waals surface area contributed by atoms with Crippen LogP contribution in [0, 0.1) is 0 Å². The van der Waals surface area contributed by atoms with Gasteiger partial charge >= 0.3 is 0 Å². The van der Waals surface area contributed by atoms with Crippen molar-refractivity contribution < 1.29 is 8.91 Å². The van der Waals surface area contributed by atoms with Gasteiger partial charge in [0.05, 0.1) is 12.2 Å². The van der Waals surface area contributed by atoms with Gasteiger partial charge in [0.15, 0.2) is 5.84 Å². The molecule has 0 atom stereocenters. The lowest BCUT2D eigenvalue weighted by Gasteiger charge is -2.07. The van der Waals surface area contributed by atoms with Crippen molar-refractivity contribution in [3.63, 3.8) is 0 Å². The molecule has 0 aliphatic heterocycles. The van der Waals surface area contributed by atoms with Crippen molar-refractivity contribution in [2.75, 3.05) is 0 Å². The van der Waals surface area contributed by atoms with Crippen molar-refractivity contribution in [3.8, 4) is 11.4 Å². The lowest BCUT2D eigenvalue weighted by molar-refractivity contribution is 0.421. The van der Waals surface area contributed by atoms with Gasteiger partial charge in [0.2, 0.25) is 0 Å². The van der Waals surface area contributed by atoms with E-state index in [0.29, 0.717) is 28.5 Å². The van der Waals surface area contributed by atoms with E-state index < -0.39 is 0 Å². The summed E-state index contributed by atoms with van der Waals surface area (Å²) in [6, 6.07) is 3.43. The van der Waals surface area contributed by atoms with Crippen LogP contribution in [0.4, 0.5) is 4.39 Å². The number of hydrogen-bond donors (Lipinski definition) is 0. The quantitative estimate of drug-likeness (QED) is 0.428. The molecule has 0 bridgehead atoms. The highest BCUT2D eigenvalue weighted by molar-refractivity contribution is 6.00. The smallest absolute Gasteiger partial charge is 0.179 e. The lowest BCUT2D eigenvalue weighted by Crippen LogP contribution is -2.07. The highest BCUT2D eigenvalue weighted by Gasteiger charge is 2.16. The zero-order chi connectivity index (χ0) is 18.9. The minimum atomic E-state index is -0.349. The van der Waals surface area contributed by atoms with Crippen LogP contribution in [0.5, 0.6) is 0 Å². The van der Waals surface area contributed by atoms with Gasteiger partial charge in [-0.1, -0.05) is 11.2 Å². The van der Waals surface area contributed by atoms with E-state index in [1.807, 2.05) is 6.92 Å². The summed E-state index contributed by atoms with van der Waals surface area (Å²) in [6.07, 6.45) is 7.76. The number of rotatable bonds is 7. The summed E-state index contributed by atoms with van der Waals surface area (Å²) in [5.41, 5.74) is 2.07. The van der Waals surface area contributed by atoms with Gasteiger partial charge in [-0.15, -0.1) is 0 Å². The Morgan fingerprint density at radius 1 is 1.38 bits per heavy atom. The monoisotopic (exact) mass is 354 g/mol. The fourth-order valence-corrected chi connectivity index (χ4v) is 2.11. The predicted molar refractivity (Wildman–Crippen MR) is 101 cm³/mol. The summed E-state index contributed by atoms with van der Waals surface area (Å²) in [7, 11) is 0. The first kappa shape index (κ1) is 18.9. The Morgan fingerprint density at radius 3 is 2.77 bits per heavy atom. The van der Waals surface area contributed by atoms with Crippen molar-refractivity contribution in [2.24, 2.45) is 15.0 Å². The first-order chi connectivity index (χ1) is 12.6. The van der Waals surface area contributed by atoms with Crippen molar-refractivity contribution >= 4 is 19.3 Å². The third-order valence-corrected chi connectivity index (χ3v) is 3.35. The van der Waals surface area contributed by atoms with E-state index in [0.717, 1.165) is 0 Å². The topological polar surface area (TPSA) is 80.9 Å². The maximum atomic E-state index is 13.9. The molecule has 8 heteroatoms. The number of amidine groups is 1. The standard InChI is InChI=1S/C18H19FN6O/c1-5-8-22-18(21-4)16-11-17(15-7-10-26-24-15)25(23-16)12-14(13(2)19)6-9-20-3/h5-11H,3-4,12H2,1-2H3. The molecule has 0 saturated carbocycles. The fourth-order valence-electron chi connectivity index (χ4n) is 2.11. The molecule has 0 unspecified atom stereocenters. The summed E-state index contributed by atoms with van der Waals surface area (Å²) >= 11 is 0. The van der Waals surface area contributed by atoms with Crippen molar-refractivity contribution in [1.29, 1.82) is 0 Å². The van der Waals surface area contributed by atoms with E-state index in [2.05, 4.69) is 38.7 Å². The number of nitrogens with zero attached hydrogens (tertiary/aromatic N) is 6. The second kappa shape index (κ2) is 9.16. The predicted octanol–water partition coefficient (Wildman–Crippen LogP) is 3.98. The van der Waals surface area contributed by atoms with Crippen molar-refractivity contribution in [1.82, 2.24) is 14.9 Å². The molecule has 0 fully saturated rings. The van der Waals surface area contributed by atoms with Crippen LogP contribution in [0.15, 0.2) is 73.8 Å². The van der Waals surface area contributed by atoms with Crippen LogP contribution < -0.4 is 0 Å². The average Bonchev–Trinajstić information content (AvgIpc) is 3.28. The lowest BCUT2D eigenvalue weighted by atomic mass is 10.2. The molecule has 0 N–H and O–H groups in total. The molecule has 0 amide bonds. The van der Waals surface area contributed by atoms with Gasteiger partial charge in [-0.25, -0.2) is 14.4 Å². The zero-order valence-corrected chi connectivity index (χ0v) is 14.6. The molecule has 2 aromatic rings. The van der Waals surface area contributed by atoms with Crippen LogP contribution in [0.3, 0.4) is 0 Å². The summed E-state index contributed by atoms with van der Waals surface area (Å²) < 4.78 is 20.4. The molecule has 0 aliphatic carbocycles. The molecular weight excluding hydrogens is 335 g/mol. The molecule has 26 heavy (non-hydrogen) atoms. The Labute approximate surface area is 150 Å². The Hall–Kier alpha value is -3.42. The molecule has 0 aliphatic rings. The SMILES string of the molecule is C=NC=CC(Cn1nc(C(N=C)=NC=CC)cc1-c1ccon1)=C(C)F. The number of allylic oxidation sites excluding steroid dienone is 4. The summed E-state index contributed by atoms with van der Waals surface area (Å²) in [5.74, 6) is -0.00454. The highest BCUT2D eigenvalue weighted by atomic mass is 19.1. The van der Waals surface area contributed by atoms with E-state index in [9.17, 15) is 4.39 Å². The average molecular weight is 354 g/mol. The number of aliphatic imine (C=N–C) groups is 3. The normalized spacial score (nSPS) is 13.4. The molecule has 2 heterocycles. The number of aromatic nitrogens is 3. The van der Waals surface area contributed by atoms with E-state index in [-0.39, 0.29) is 12.4 Å². The van der Waals surface area contributed by atoms with Gasteiger partial charge in [0.25, 0.3) is 0 Å². The third-order valence-electron chi connectivity index (χ3n) is 3.35. The van der Waals surface area contributed by atoms with E-state index >= 15 is 0 Å². The van der Waals surface area contributed by atoms with E-state index in [4.69, 9.17) is 4.52 Å². The minimum absolute atomic E-state index is 0.157. The fraction of sp³-hybridized carbons (Fsp3) is 0.167. The van der Waals surface area contributed by atoms with E-state index in [1.54, 1.807) is 29.1 Å². The van der Waals surface area contributed by atoms with Gasteiger partial charge in [0, 0.05) is 24.0 Å². The zero-order valence-electron chi connectivity index (χ0n) is 14.6. The van der Waals surface area contributed by atoms with Crippen molar-refractivity contribution in [2.45, 2.75) is 20.4 Å². The maximum absolute atomic E-state index is 13.9. The van der Waals surface area contributed by atoms with E-state index in [1.165, 1.54) is 25.5 Å². The second-order valence-electron chi connectivity index (χ2n) is 5.11. The molecule has 0 saturated heterocycles. The van der Waals surface area contributed by atoms with Crippen LogP contribution in [0.2, 0.25) is 0 Å². The molecule has 2 aromatic heterocycles. The second-order valence-corrected chi connectivity index (χ2v) is 5.11. The third kappa shape index (κ3) is 4.56. The van der Waals surface area contributed by atoms with Gasteiger partial charge in [0.1, 0.15) is 23.5 Å². The van der Waals surface area contributed by atoms with Gasteiger partial charge in [-0.2, -0.15) is 5.10 Å². The Kier molecular flexibility index (Phi) is 6.67. The Balaban J connectivity index is 2.53. The van der Waals surface area contributed by atoms with Crippen LogP contribution in [0.1, 0.15) is 19.5 Å². The summed E-state index contributed by atoms with van der Waals surface area (Å²) in [6.45, 7) is 10.2. The summed E-state index contributed by atoms with van der Waals surface area (Å²) in [5, 5.41) is 8.41. The van der Waals surface area contributed by atoms with Gasteiger partial charge in [-0.3, -0.25) is 9.67 Å².